The molecule has 1 aliphatic rings. The van der Waals surface area contributed by atoms with Crippen molar-refractivity contribution in [2.75, 3.05) is 6.61 Å². The summed E-state index contributed by atoms with van der Waals surface area (Å²) in [5.41, 5.74) is 1.01. The Kier molecular flexibility index (Phi) is 4.82. The monoisotopic (exact) mass is 274 g/mol. The smallest absolute Gasteiger partial charge is 0.374 e. The SMILES string of the molecule is FC(F)(F)C1CCCC(COCc2ccccc2)O1. The molecule has 1 saturated heterocycles. The molecule has 0 amide bonds. The molecule has 0 bridgehead atoms. The first-order valence-corrected chi connectivity index (χ1v) is 6.39. The number of hydrogen-bond acceptors (Lipinski definition) is 2. The summed E-state index contributed by atoms with van der Waals surface area (Å²) in [7, 11) is 0. The predicted octanol–water partition coefficient (Wildman–Crippen LogP) is 3.70. The summed E-state index contributed by atoms with van der Waals surface area (Å²) in [6.45, 7) is 0.610. The molecule has 1 fully saturated rings. The van der Waals surface area contributed by atoms with E-state index in [9.17, 15) is 13.2 Å². The van der Waals surface area contributed by atoms with E-state index in [0.717, 1.165) is 5.56 Å². The lowest BCUT2D eigenvalue weighted by Gasteiger charge is -2.31. The number of rotatable bonds is 4. The maximum Gasteiger partial charge on any atom is 0.414 e. The number of hydrogen-bond donors (Lipinski definition) is 0. The first kappa shape index (κ1) is 14.3. The molecule has 19 heavy (non-hydrogen) atoms. The van der Waals surface area contributed by atoms with Gasteiger partial charge >= 0.3 is 6.18 Å². The van der Waals surface area contributed by atoms with Gasteiger partial charge in [-0.1, -0.05) is 30.3 Å². The zero-order valence-electron chi connectivity index (χ0n) is 10.5. The van der Waals surface area contributed by atoms with Crippen LogP contribution in [0.15, 0.2) is 30.3 Å². The van der Waals surface area contributed by atoms with Gasteiger partial charge in [0.25, 0.3) is 0 Å². The zero-order chi connectivity index (χ0) is 13.7. The van der Waals surface area contributed by atoms with Gasteiger partial charge in [0, 0.05) is 0 Å². The van der Waals surface area contributed by atoms with Gasteiger partial charge < -0.3 is 9.47 Å². The van der Waals surface area contributed by atoms with Crippen LogP contribution in [0.3, 0.4) is 0 Å². The van der Waals surface area contributed by atoms with E-state index in [1.165, 1.54) is 0 Å². The normalized spacial score (nSPS) is 24.4. The summed E-state index contributed by atoms with van der Waals surface area (Å²) >= 11 is 0. The third-order valence-corrected chi connectivity index (χ3v) is 3.13. The molecule has 1 aromatic carbocycles. The molecule has 2 unspecified atom stereocenters. The average Bonchev–Trinajstić information content (AvgIpc) is 2.39. The lowest BCUT2D eigenvalue weighted by atomic mass is 10.0. The van der Waals surface area contributed by atoms with Gasteiger partial charge in [0.2, 0.25) is 0 Å². The van der Waals surface area contributed by atoms with Crippen LogP contribution in [0.2, 0.25) is 0 Å². The van der Waals surface area contributed by atoms with Gasteiger partial charge in [-0.3, -0.25) is 0 Å². The minimum absolute atomic E-state index is 0.0543. The molecule has 0 spiro atoms. The van der Waals surface area contributed by atoms with Gasteiger partial charge in [0.15, 0.2) is 6.10 Å². The molecule has 1 aromatic rings. The van der Waals surface area contributed by atoms with E-state index in [-0.39, 0.29) is 13.0 Å². The highest BCUT2D eigenvalue weighted by Crippen LogP contribution is 2.32. The highest BCUT2D eigenvalue weighted by atomic mass is 19.4. The third kappa shape index (κ3) is 4.51. The van der Waals surface area contributed by atoms with Gasteiger partial charge in [0.1, 0.15) is 0 Å². The van der Waals surface area contributed by atoms with Crippen LogP contribution in [0.1, 0.15) is 24.8 Å². The first-order chi connectivity index (χ1) is 9.05. The summed E-state index contributed by atoms with van der Waals surface area (Å²) < 4.78 is 48.1. The van der Waals surface area contributed by atoms with Crippen molar-refractivity contribution in [3.05, 3.63) is 35.9 Å². The van der Waals surface area contributed by atoms with Crippen molar-refractivity contribution in [1.29, 1.82) is 0 Å². The van der Waals surface area contributed by atoms with Gasteiger partial charge in [-0.05, 0) is 24.8 Å². The molecule has 0 saturated carbocycles. The second kappa shape index (κ2) is 6.39. The highest BCUT2D eigenvalue weighted by molar-refractivity contribution is 5.13. The fourth-order valence-electron chi connectivity index (χ4n) is 2.15. The second-order valence-electron chi connectivity index (χ2n) is 4.72. The molecule has 0 aliphatic carbocycles. The Morgan fingerprint density at radius 2 is 1.89 bits per heavy atom. The van der Waals surface area contributed by atoms with E-state index >= 15 is 0 Å². The summed E-state index contributed by atoms with van der Waals surface area (Å²) in [6, 6.07) is 9.53. The molecule has 2 atom stereocenters. The largest absolute Gasteiger partial charge is 0.414 e. The molecule has 0 N–H and O–H groups in total. The van der Waals surface area contributed by atoms with Gasteiger partial charge in [-0.25, -0.2) is 0 Å². The van der Waals surface area contributed by atoms with Crippen LogP contribution >= 0.6 is 0 Å². The van der Waals surface area contributed by atoms with Crippen LogP contribution in [0.4, 0.5) is 13.2 Å². The Hall–Kier alpha value is -1.07. The third-order valence-electron chi connectivity index (χ3n) is 3.13. The topological polar surface area (TPSA) is 18.5 Å². The Labute approximate surface area is 110 Å². The second-order valence-corrected chi connectivity index (χ2v) is 4.72. The first-order valence-electron chi connectivity index (χ1n) is 6.39. The van der Waals surface area contributed by atoms with Crippen LogP contribution in [0.5, 0.6) is 0 Å². The molecule has 0 aromatic heterocycles. The predicted molar refractivity (Wildman–Crippen MR) is 64.7 cm³/mol. The summed E-state index contributed by atoms with van der Waals surface area (Å²) in [5, 5.41) is 0. The van der Waals surface area contributed by atoms with Crippen molar-refractivity contribution in [3.8, 4) is 0 Å². The van der Waals surface area contributed by atoms with Crippen molar-refractivity contribution in [2.45, 2.75) is 44.3 Å². The number of alkyl halides is 3. The lowest BCUT2D eigenvalue weighted by Crippen LogP contribution is -2.40. The highest BCUT2D eigenvalue weighted by Gasteiger charge is 2.43. The van der Waals surface area contributed by atoms with Crippen LogP contribution in [0.25, 0.3) is 0 Å². The molecule has 1 aliphatic heterocycles. The molecule has 5 heteroatoms. The summed E-state index contributed by atoms with van der Waals surface area (Å²) in [5.74, 6) is 0. The Balaban J connectivity index is 1.74. The maximum absolute atomic E-state index is 12.5. The zero-order valence-corrected chi connectivity index (χ0v) is 10.5. The number of benzene rings is 1. The van der Waals surface area contributed by atoms with Crippen molar-refractivity contribution in [2.24, 2.45) is 0 Å². The Morgan fingerprint density at radius 3 is 2.58 bits per heavy atom. The fourth-order valence-corrected chi connectivity index (χ4v) is 2.15. The summed E-state index contributed by atoms with van der Waals surface area (Å²) in [4.78, 5) is 0. The van der Waals surface area contributed by atoms with E-state index in [1.807, 2.05) is 30.3 Å². The van der Waals surface area contributed by atoms with Crippen LogP contribution < -0.4 is 0 Å². The summed E-state index contributed by atoms with van der Waals surface area (Å²) in [6.07, 6.45) is -5.14. The molecule has 0 radical (unpaired) electrons. The number of ether oxygens (including phenoxy) is 2. The minimum atomic E-state index is -4.27. The molecular weight excluding hydrogens is 257 g/mol. The molecule has 1 heterocycles. The molecular formula is C14H17F3O2. The standard InChI is InChI=1S/C14H17F3O2/c15-14(16,17)13-8-4-7-12(19-13)10-18-9-11-5-2-1-3-6-11/h1-3,5-6,12-13H,4,7-10H2. The molecule has 106 valence electrons. The van der Waals surface area contributed by atoms with Crippen molar-refractivity contribution >= 4 is 0 Å². The van der Waals surface area contributed by atoms with Crippen LogP contribution in [-0.4, -0.2) is 25.0 Å². The van der Waals surface area contributed by atoms with Crippen LogP contribution in [0, 0.1) is 0 Å². The quantitative estimate of drug-likeness (QED) is 0.833. The van der Waals surface area contributed by atoms with E-state index in [0.29, 0.717) is 19.4 Å². The van der Waals surface area contributed by atoms with E-state index < -0.39 is 18.4 Å². The van der Waals surface area contributed by atoms with Gasteiger partial charge in [0.05, 0.1) is 19.3 Å². The number of halogens is 3. The molecule has 2 rings (SSSR count). The fraction of sp³-hybridized carbons (Fsp3) is 0.571. The van der Waals surface area contributed by atoms with Gasteiger partial charge in [-0.15, -0.1) is 0 Å². The van der Waals surface area contributed by atoms with Gasteiger partial charge in [-0.2, -0.15) is 13.2 Å². The average molecular weight is 274 g/mol. The van der Waals surface area contributed by atoms with Crippen LogP contribution in [-0.2, 0) is 16.1 Å². The van der Waals surface area contributed by atoms with Crippen molar-refractivity contribution in [3.63, 3.8) is 0 Å². The van der Waals surface area contributed by atoms with E-state index in [1.54, 1.807) is 0 Å². The maximum atomic E-state index is 12.5. The Morgan fingerprint density at radius 1 is 1.16 bits per heavy atom. The van der Waals surface area contributed by atoms with E-state index in [2.05, 4.69) is 0 Å². The van der Waals surface area contributed by atoms with Crippen molar-refractivity contribution < 1.29 is 22.6 Å². The molecule has 2 nitrogen and oxygen atoms in total. The van der Waals surface area contributed by atoms with E-state index in [4.69, 9.17) is 9.47 Å². The lowest BCUT2D eigenvalue weighted by molar-refractivity contribution is -0.250. The van der Waals surface area contributed by atoms with Crippen molar-refractivity contribution in [1.82, 2.24) is 0 Å². The Bertz CT molecular complexity index is 378. The minimum Gasteiger partial charge on any atom is -0.374 e.